The summed E-state index contributed by atoms with van der Waals surface area (Å²) < 4.78 is 0. The van der Waals surface area contributed by atoms with Crippen LogP contribution in [0.25, 0.3) is 0 Å². The number of benzene rings is 2. The number of aromatic nitrogens is 4. The number of carbonyl (C=O) groups is 2. The summed E-state index contributed by atoms with van der Waals surface area (Å²) in [5, 5.41) is 17.5. The number of carbonyl (C=O) groups excluding carboxylic acids is 2. The highest BCUT2D eigenvalue weighted by Crippen LogP contribution is 2.52. The summed E-state index contributed by atoms with van der Waals surface area (Å²) in [6.07, 6.45) is 9.50. The second-order valence-electron chi connectivity index (χ2n) is 12.9. The van der Waals surface area contributed by atoms with Crippen LogP contribution in [-0.2, 0) is 11.3 Å². The zero-order chi connectivity index (χ0) is 30.8. The summed E-state index contributed by atoms with van der Waals surface area (Å²) in [5.41, 5.74) is 2.00. The SMILES string of the molecule is CC(C)CC[C@H](c1ccc(C(=O)NCc2nn[nH]n2)cc1)N1C(=O)C(c2cc(Cl)cc(Cl)c2)=NC12CCC1CCCCC1C2. The molecule has 44 heavy (non-hydrogen) atoms. The van der Waals surface area contributed by atoms with E-state index in [0.717, 1.165) is 37.7 Å². The number of halogens is 2. The highest BCUT2D eigenvalue weighted by Gasteiger charge is 2.54. The van der Waals surface area contributed by atoms with Crippen LogP contribution in [-0.4, -0.2) is 48.7 Å². The molecule has 2 amide bonds. The van der Waals surface area contributed by atoms with Crippen molar-refractivity contribution in [3.63, 3.8) is 0 Å². The van der Waals surface area contributed by atoms with Crippen LogP contribution in [0.1, 0.15) is 105 Å². The van der Waals surface area contributed by atoms with Gasteiger partial charge in [-0.25, -0.2) is 0 Å². The van der Waals surface area contributed by atoms with Gasteiger partial charge in [0.05, 0.1) is 12.6 Å². The van der Waals surface area contributed by atoms with E-state index in [-0.39, 0.29) is 24.4 Å². The van der Waals surface area contributed by atoms with Crippen LogP contribution in [0.2, 0.25) is 10.0 Å². The highest BCUT2D eigenvalue weighted by atomic mass is 35.5. The maximum Gasteiger partial charge on any atom is 0.275 e. The Bertz CT molecular complexity index is 1510. The highest BCUT2D eigenvalue weighted by molar-refractivity contribution is 6.47. The Kier molecular flexibility index (Phi) is 9.06. The molecule has 2 fully saturated rings. The summed E-state index contributed by atoms with van der Waals surface area (Å²) in [5.74, 6) is 1.81. The molecule has 6 rings (SSSR count). The van der Waals surface area contributed by atoms with Gasteiger partial charge in [0.15, 0.2) is 5.82 Å². The van der Waals surface area contributed by atoms with E-state index in [4.69, 9.17) is 28.2 Å². The fourth-order valence-corrected chi connectivity index (χ4v) is 7.95. The Morgan fingerprint density at radius 2 is 1.77 bits per heavy atom. The standard InChI is InChI=1S/C33H39Cl2N7O2/c1-20(2)7-12-28(22-8-10-23(11-9-22)31(43)36-19-29-38-40-41-39-29)42-32(44)30(25-15-26(34)17-27(35)16-25)37-33(42)14-13-21-5-3-4-6-24(21)18-33/h8-11,15-17,20-21,24,28H,3-7,12-14,18-19H2,1-2H3,(H,36,43)(H,38,39,40,41)/t21?,24?,28-,33?/m1/s1. The summed E-state index contributed by atoms with van der Waals surface area (Å²) in [4.78, 5) is 34.9. The normalized spacial score (nSPS) is 24.0. The molecule has 1 aromatic heterocycles. The fraction of sp³-hybridized carbons (Fsp3) is 0.515. The molecule has 2 N–H and O–H groups in total. The maximum absolute atomic E-state index is 14.6. The molecule has 2 saturated carbocycles. The molecule has 4 atom stereocenters. The predicted molar refractivity (Wildman–Crippen MR) is 170 cm³/mol. The molecule has 11 heteroatoms. The van der Waals surface area contributed by atoms with E-state index in [9.17, 15) is 9.59 Å². The average molecular weight is 637 g/mol. The van der Waals surface area contributed by atoms with Crippen molar-refractivity contribution in [3.8, 4) is 0 Å². The monoisotopic (exact) mass is 635 g/mol. The Hall–Kier alpha value is -3.30. The Morgan fingerprint density at radius 3 is 2.45 bits per heavy atom. The number of aromatic amines is 1. The molecule has 0 bridgehead atoms. The number of tetrazole rings is 1. The van der Waals surface area contributed by atoms with Crippen LogP contribution in [0.15, 0.2) is 47.5 Å². The van der Waals surface area contributed by atoms with E-state index in [1.165, 1.54) is 25.7 Å². The quantitative estimate of drug-likeness (QED) is 0.264. The van der Waals surface area contributed by atoms with Gasteiger partial charge in [0.25, 0.3) is 11.8 Å². The molecule has 3 aliphatic rings. The van der Waals surface area contributed by atoms with Crippen molar-refractivity contribution < 1.29 is 9.59 Å². The van der Waals surface area contributed by atoms with Gasteiger partial charge < -0.3 is 10.2 Å². The summed E-state index contributed by atoms with van der Waals surface area (Å²) in [6.45, 7) is 4.59. The first kappa shape index (κ1) is 30.7. The molecule has 1 aliphatic heterocycles. The minimum atomic E-state index is -0.623. The van der Waals surface area contributed by atoms with Gasteiger partial charge in [0.2, 0.25) is 0 Å². The maximum atomic E-state index is 14.6. The first-order valence-corrected chi connectivity index (χ1v) is 16.5. The summed E-state index contributed by atoms with van der Waals surface area (Å²) >= 11 is 12.8. The smallest absolute Gasteiger partial charge is 0.275 e. The van der Waals surface area contributed by atoms with Crippen molar-refractivity contribution in [2.45, 2.75) is 89.9 Å². The lowest BCUT2D eigenvalue weighted by Gasteiger charge is -2.49. The predicted octanol–water partition coefficient (Wildman–Crippen LogP) is 6.93. The molecule has 3 unspecified atom stereocenters. The molecular formula is C33H39Cl2N7O2. The van der Waals surface area contributed by atoms with Crippen LogP contribution >= 0.6 is 23.2 Å². The van der Waals surface area contributed by atoms with Gasteiger partial charge in [0.1, 0.15) is 11.4 Å². The van der Waals surface area contributed by atoms with Gasteiger partial charge in [-0.15, -0.1) is 10.2 Å². The van der Waals surface area contributed by atoms with E-state index < -0.39 is 5.66 Å². The van der Waals surface area contributed by atoms with E-state index in [1.807, 2.05) is 24.3 Å². The Balaban J connectivity index is 1.35. The Labute approximate surface area is 268 Å². The van der Waals surface area contributed by atoms with Gasteiger partial charge in [-0.3, -0.25) is 14.6 Å². The lowest BCUT2D eigenvalue weighted by atomic mass is 9.67. The van der Waals surface area contributed by atoms with Gasteiger partial charge in [-0.2, -0.15) is 5.21 Å². The molecule has 232 valence electrons. The molecule has 0 radical (unpaired) electrons. The molecule has 0 saturated heterocycles. The molecule has 2 aliphatic carbocycles. The van der Waals surface area contributed by atoms with Gasteiger partial charge in [0, 0.05) is 21.2 Å². The number of H-pyrrole nitrogens is 1. The number of amides is 2. The average Bonchev–Trinajstić information content (AvgIpc) is 3.62. The topological polar surface area (TPSA) is 116 Å². The lowest BCUT2D eigenvalue weighted by Crippen LogP contribution is -2.53. The third-order valence-corrected chi connectivity index (χ3v) is 10.0. The van der Waals surface area contributed by atoms with Crippen LogP contribution in [0.4, 0.5) is 0 Å². The van der Waals surface area contributed by atoms with Crippen molar-refractivity contribution in [2.24, 2.45) is 22.7 Å². The van der Waals surface area contributed by atoms with Crippen molar-refractivity contribution in [1.29, 1.82) is 0 Å². The molecule has 3 aromatic rings. The van der Waals surface area contributed by atoms with Crippen LogP contribution in [0, 0.1) is 17.8 Å². The first-order valence-electron chi connectivity index (χ1n) is 15.7. The lowest BCUT2D eigenvalue weighted by molar-refractivity contribution is -0.135. The third kappa shape index (κ3) is 6.40. The van der Waals surface area contributed by atoms with Crippen LogP contribution in [0.3, 0.4) is 0 Å². The minimum absolute atomic E-state index is 0.0757. The number of rotatable bonds is 9. The van der Waals surface area contributed by atoms with Crippen LogP contribution in [0.5, 0.6) is 0 Å². The second kappa shape index (κ2) is 13.0. The third-order valence-electron chi connectivity index (χ3n) is 9.58. The van der Waals surface area contributed by atoms with Crippen molar-refractivity contribution in [2.75, 3.05) is 0 Å². The molecular weight excluding hydrogens is 597 g/mol. The van der Waals surface area contributed by atoms with Crippen molar-refractivity contribution in [1.82, 2.24) is 30.8 Å². The zero-order valence-corrected chi connectivity index (χ0v) is 26.7. The molecule has 9 nitrogen and oxygen atoms in total. The van der Waals surface area contributed by atoms with Gasteiger partial charge in [-0.05, 0) is 85.8 Å². The Morgan fingerprint density at radius 1 is 1.05 bits per heavy atom. The van der Waals surface area contributed by atoms with Gasteiger partial charge in [-0.1, -0.05) is 80.1 Å². The van der Waals surface area contributed by atoms with E-state index in [0.29, 0.717) is 50.5 Å². The minimum Gasteiger partial charge on any atom is -0.345 e. The van der Waals surface area contributed by atoms with Gasteiger partial charge >= 0.3 is 0 Å². The van der Waals surface area contributed by atoms with E-state index in [1.54, 1.807) is 18.2 Å². The largest absolute Gasteiger partial charge is 0.345 e. The number of nitrogens with zero attached hydrogens (tertiary/aromatic N) is 5. The fourth-order valence-electron chi connectivity index (χ4n) is 7.43. The number of nitrogens with one attached hydrogen (secondary N) is 2. The number of hydrogen-bond donors (Lipinski definition) is 2. The van der Waals surface area contributed by atoms with Crippen molar-refractivity contribution in [3.05, 3.63) is 75.0 Å². The number of aliphatic imine (C=N–C) groups is 1. The number of fused-ring (bicyclic) bond motifs is 1. The molecule has 1 spiro atoms. The first-order chi connectivity index (χ1) is 21.2. The second-order valence-corrected chi connectivity index (χ2v) is 13.8. The van der Waals surface area contributed by atoms with E-state index >= 15 is 0 Å². The van der Waals surface area contributed by atoms with Crippen LogP contribution < -0.4 is 5.32 Å². The zero-order valence-electron chi connectivity index (χ0n) is 25.2. The number of hydrogen-bond acceptors (Lipinski definition) is 6. The van der Waals surface area contributed by atoms with Crippen molar-refractivity contribution >= 4 is 40.7 Å². The molecule has 2 heterocycles. The van der Waals surface area contributed by atoms with E-state index in [2.05, 4.69) is 44.7 Å². The summed E-state index contributed by atoms with van der Waals surface area (Å²) in [7, 11) is 0. The molecule has 2 aromatic carbocycles. The summed E-state index contributed by atoms with van der Waals surface area (Å²) in [6, 6.07) is 12.7.